The van der Waals surface area contributed by atoms with E-state index >= 15 is 0 Å². The van der Waals surface area contributed by atoms with Gasteiger partial charge in [-0.1, -0.05) is 12.2 Å². The van der Waals surface area contributed by atoms with E-state index in [-0.39, 0.29) is 36.3 Å². The summed E-state index contributed by atoms with van der Waals surface area (Å²) >= 11 is 0. The Bertz CT molecular complexity index is 1710. The second kappa shape index (κ2) is 12.4. The van der Waals surface area contributed by atoms with Crippen LogP contribution in [0.25, 0.3) is 11.0 Å². The molecular formula is C29H30F3N7O4. The molecule has 0 aliphatic rings. The first-order chi connectivity index (χ1) is 20.3. The first-order valence-electron chi connectivity index (χ1n) is 13.2. The number of hydrogen-bond donors (Lipinski definition) is 2. The van der Waals surface area contributed by atoms with E-state index in [0.29, 0.717) is 34.7 Å². The van der Waals surface area contributed by atoms with Crippen molar-refractivity contribution in [2.45, 2.75) is 40.0 Å². The van der Waals surface area contributed by atoms with Crippen molar-refractivity contribution in [3.05, 3.63) is 77.1 Å². The quantitative estimate of drug-likeness (QED) is 0.258. The summed E-state index contributed by atoms with van der Waals surface area (Å²) in [5.41, 5.74) is 6.93. The van der Waals surface area contributed by atoms with Crippen molar-refractivity contribution in [1.29, 1.82) is 0 Å². The lowest BCUT2D eigenvalue weighted by Gasteiger charge is -2.20. The fraction of sp³-hybridized carbons (Fsp3) is 0.276. The van der Waals surface area contributed by atoms with E-state index in [1.807, 2.05) is 6.92 Å². The first-order valence-corrected chi connectivity index (χ1v) is 13.2. The van der Waals surface area contributed by atoms with Crippen LogP contribution in [0.4, 0.5) is 24.8 Å². The van der Waals surface area contributed by atoms with Crippen molar-refractivity contribution in [2.75, 3.05) is 23.9 Å². The van der Waals surface area contributed by atoms with Gasteiger partial charge in [0.05, 0.1) is 23.9 Å². The smallest absolute Gasteiger partial charge is 0.416 e. The zero-order valence-electron chi connectivity index (χ0n) is 23.9. The van der Waals surface area contributed by atoms with Crippen LogP contribution in [0.1, 0.15) is 46.0 Å². The molecule has 0 fully saturated rings. The Kier molecular flexibility index (Phi) is 8.88. The molecule has 4 aromatic rings. The Balaban J connectivity index is 1.66. The summed E-state index contributed by atoms with van der Waals surface area (Å²) in [5.74, 6) is -1.07. The van der Waals surface area contributed by atoms with Crippen molar-refractivity contribution in [3.8, 4) is 5.75 Å². The highest BCUT2D eigenvalue weighted by Crippen LogP contribution is 2.32. The van der Waals surface area contributed by atoms with Gasteiger partial charge in [0.25, 0.3) is 5.91 Å². The minimum Gasteiger partial charge on any atom is -0.494 e. The second-order valence-corrected chi connectivity index (χ2v) is 9.54. The van der Waals surface area contributed by atoms with Crippen LogP contribution in [0, 0.1) is 6.92 Å². The van der Waals surface area contributed by atoms with Crippen LogP contribution in [-0.4, -0.2) is 50.7 Å². The molecule has 11 nitrogen and oxygen atoms in total. The summed E-state index contributed by atoms with van der Waals surface area (Å²) < 4.78 is 47.7. The van der Waals surface area contributed by atoms with E-state index in [1.54, 1.807) is 34.4 Å². The topological polar surface area (TPSA) is 137 Å². The minimum atomic E-state index is -4.49. The number of rotatable bonds is 10. The molecule has 0 spiro atoms. The highest BCUT2D eigenvalue weighted by Gasteiger charge is 2.30. The number of allylic oxidation sites excluding steroid dienone is 1. The van der Waals surface area contributed by atoms with Gasteiger partial charge in [-0.25, -0.2) is 4.98 Å². The van der Waals surface area contributed by atoms with Crippen molar-refractivity contribution in [3.63, 3.8) is 0 Å². The first kappa shape index (κ1) is 30.8. The molecular weight excluding hydrogens is 567 g/mol. The highest BCUT2D eigenvalue weighted by molar-refractivity contribution is 6.04. The number of halogens is 3. The fourth-order valence-corrected chi connectivity index (χ4v) is 4.54. The van der Waals surface area contributed by atoms with Gasteiger partial charge in [0.1, 0.15) is 17.0 Å². The predicted octanol–water partition coefficient (Wildman–Crippen LogP) is 4.55. The Morgan fingerprint density at radius 2 is 1.81 bits per heavy atom. The van der Waals surface area contributed by atoms with Crippen LogP contribution in [0.5, 0.6) is 5.75 Å². The third kappa shape index (κ3) is 6.68. The third-order valence-electron chi connectivity index (χ3n) is 6.60. The van der Waals surface area contributed by atoms with E-state index in [9.17, 15) is 27.6 Å². The number of methoxy groups -OCH3 is 1. The average molecular weight is 598 g/mol. The molecule has 226 valence electrons. The van der Waals surface area contributed by atoms with Gasteiger partial charge in [-0.2, -0.15) is 18.3 Å². The van der Waals surface area contributed by atoms with Crippen LogP contribution in [0.15, 0.2) is 54.6 Å². The largest absolute Gasteiger partial charge is 0.494 e. The van der Waals surface area contributed by atoms with Crippen molar-refractivity contribution in [1.82, 2.24) is 19.3 Å². The lowest BCUT2D eigenvalue weighted by Crippen LogP contribution is -2.28. The molecule has 2 aromatic carbocycles. The van der Waals surface area contributed by atoms with Gasteiger partial charge in [0, 0.05) is 37.8 Å². The number of fused-ring (bicyclic) bond motifs is 1. The molecule has 0 bridgehead atoms. The monoisotopic (exact) mass is 597 g/mol. The van der Waals surface area contributed by atoms with E-state index in [0.717, 1.165) is 12.1 Å². The van der Waals surface area contributed by atoms with Crippen molar-refractivity contribution in [2.24, 2.45) is 5.73 Å². The Hall–Kier alpha value is -5.14. The summed E-state index contributed by atoms with van der Waals surface area (Å²) in [6, 6.07) is 8.90. The maximum absolute atomic E-state index is 13.2. The molecule has 0 saturated heterocycles. The summed E-state index contributed by atoms with van der Waals surface area (Å²) in [6.07, 6.45) is -1.12. The molecule has 0 aliphatic carbocycles. The summed E-state index contributed by atoms with van der Waals surface area (Å²) in [5, 5.41) is 7.11. The van der Waals surface area contributed by atoms with Crippen LogP contribution >= 0.6 is 0 Å². The van der Waals surface area contributed by atoms with Gasteiger partial charge in [-0.3, -0.25) is 24.4 Å². The molecule has 0 aliphatic heterocycles. The van der Waals surface area contributed by atoms with Crippen LogP contribution < -0.4 is 20.7 Å². The van der Waals surface area contributed by atoms with Gasteiger partial charge in [-0.05, 0) is 56.3 Å². The van der Waals surface area contributed by atoms with Gasteiger partial charge in [0.15, 0.2) is 0 Å². The molecule has 14 heteroatoms. The Morgan fingerprint density at radius 1 is 1.12 bits per heavy atom. The molecule has 43 heavy (non-hydrogen) atoms. The lowest BCUT2D eigenvalue weighted by molar-refractivity contribution is -0.137. The van der Waals surface area contributed by atoms with E-state index in [4.69, 9.17) is 10.5 Å². The number of aromatic nitrogens is 4. The SMILES string of the molecule is CCn1nc(C)cc1C(=O)Nc1nc2cc(C(N)=O)cc(OC)c2n1CC=CCN(C(C)=O)c1ccc(C(F)(F)F)cc1. The molecule has 3 amide bonds. The molecule has 4 rings (SSSR count). The highest BCUT2D eigenvalue weighted by atomic mass is 19.4. The zero-order valence-corrected chi connectivity index (χ0v) is 23.9. The van der Waals surface area contributed by atoms with Crippen LogP contribution in [-0.2, 0) is 24.1 Å². The number of imidazole rings is 1. The lowest BCUT2D eigenvalue weighted by atomic mass is 10.1. The number of carbonyl (C=O) groups is 3. The predicted molar refractivity (Wildman–Crippen MR) is 154 cm³/mol. The molecule has 0 atom stereocenters. The molecule has 2 aromatic heterocycles. The number of benzene rings is 2. The van der Waals surface area contributed by atoms with E-state index in [1.165, 1.54) is 43.2 Å². The maximum atomic E-state index is 13.2. The number of aryl methyl sites for hydroxylation is 2. The summed E-state index contributed by atoms with van der Waals surface area (Å²) in [6.45, 7) is 5.61. The van der Waals surface area contributed by atoms with Crippen LogP contribution in [0.3, 0.4) is 0 Å². The van der Waals surface area contributed by atoms with Gasteiger partial charge in [-0.15, -0.1) is 0 Å². The number of amides is 3. The minimum absolute atomic E-state index is 0.0624. The number of anilines is 2. The standard InChI is InChI=1S/C29H30F3N7O4/c1-5-39-23(14-17(2)36-39)27(42)35-28-34-22-15-19(26(33)41)16-24(43-4)25(22)38(28)13-7-6-12-37(18(3)40)21-10-8-20(9-11-21)29(30,31)32/h6-11,14-16H,5,12-13H2,1-4H3,(H2,33,41)(H,34,35,42). The third-order valence-corrected chi connectivity index (χ3v) is 6.60. The Morgan fingerprint density at radius 3 is 2.40 bits per heavy atom. The van der Waals surface area contributed by atoms with Crippen molar-refractivity contribution < 1.29 is 32.3 Å². The number of nitrogens with zero attached hydrogens (tertiary/aromatic N) is 5. The molecule has 0 radical (unpaired) electrons. The number of alkyl halides is 3. The average Bonchev–Trinajstić information content (AvgIpc) is 3.51. The maximum Gasteiger partial charge on any atom is 0.416 e. The number of carbonyl (C=O) groups excluding carboxylic acids is 3. The second-order valence-electron chi connectivity index (χ2n) is 9.54. The fourth-order valence-electron chi connectivity index (χ4n) is 4.54. The summed E-state index contributed by atoms with van der Waals surface area (Å²) in [4.78, 5) is 43.3. The number of primary amides is 1. The van der Waals surface area contributed by atoms with Crippen molar-refractivity contribution >= 4 is 40.4 Å². The van der Waals surface area contributed by atoms with E-state index < -0.39 is 23.6 Å². The number of nitrogens with two attached hydrogens (primary N) is 1. The molecule has 0 unspecified atom stereocenters. The van der Waals surface area contributed by atoms with Gasteiger partial charge < -0.3 is 19.9 Å². The molecule has 3 N–H and O–H groups in total. The van der Waals surface area contributed by atoms with Gasteiger partial charge in [0.2, 0.25) is 17.8 Å². The number of ether oxygens (including phenoxy) is 1. The van der Waals surface area contributed by atoms with Crippen LogP contribution in [0.2, 0.25) is 0 Å². The Labute approximate surface area is 244 Å². The zero-order chi connectivity index (χ0) is 31.5. The van der Waals surface area contributed by atoms with E-state index in [2.05, 4.69) is 15.4 Å². The molecule has 0 saturated carbocycles. The number of nitrogens with one attached hydrogen (secondary N) is 1. The summed E-state index contributed by atoms with van der Waals surface area (Å²) in [7, 11) is 1.42. The number of hydrogen-bond acceptors (Lipinski definition) is 6. The normalized spacial score (nSPS) is 11.7. The molecule has 2 heterocycles. The van der Waals surface area contributed by atoms with Gasteiger partial charge >= 0.3 is 6.18 Å².